The summed E-state index contributed by atoms with van der Waals surface area (Å²) >= 11 is 5.80. The summed E-state index contributed by atoms with van der Waals surface area (Å²) < 4.78 is 0. The van der Waals surface area contributed by atoms with Crippen molar-refractivity contribution in [1.82, 2.24) is 15.3 Å². The maximum Gasteiger partial charge on any atom is 0.217 e. The van der Waals surface area contributed by atoms with E-state index in [2.05, 4.69) is 20.2 Å². The summed E-state index contributed by atoms with van der Waals surface area (Å²) in [5.74, 6) is 0.838. The second-order valence-electron chi connectivity index (χ2n) is 4.16. The van der Waals surface area contributed by atoms with Gasteiger partial charge in [-0.1, -0.05) is 11.6 Å². The Morgan fingerprint density at radius 1 is 1.47 bits per heavy atom. The van der Waals surface area contributed by atoms with Crippen LogP contribution >= 0.6 is 11.6 Å². The Kier molecular flexibility index (Phi) is 3.78. The molecule has 1 amide bonds. The standard InChI is InChI=1S/C11H15ClN4O/c1-8(17)14-9-2-4-16(5-3-9)11-7-13-6-10(12)15-11/h6-7,9H,2-5H2,1H3,(H,14,17). The summed E-state index contributed by atoms with van der Waals surface area (Å²) in [5, 5.41) is 3.35. The van der Waals surface area contributed by atoms with Crippen LogP contribution in [0.4, 0.5) is 5.82 Å². The van der Waals surface area contributed by atoms with E-state index in [1.54, 1.807) is 13.1 Å². The first-order chi connectivity index (χ1) is 8.15. The molecule has 1 aliphatic rings. The Bertz CT molecular complexity index is 404. The van der Waals surface area contributed by atoms with Crippen molar-refractivity contribution in [2.75, 3.05) is 18.0 Å². The molecule has 0 radical (unpaired) electrons. The minimum absolute atomic E-state index is 0.0333. The number of amides is 1. The van der Waals surface area contributed by atoms with E-state index in [-0.39, 0.29) is 11.9 Å². The van der Waals surface area contributed by atoms with Crippen molar-refractivity contribution in [3.63, 3.8) is 0 Å². The highest BCUT2D eigenvalue weighted by molar-refractivity contribution is 6.29. The van der Waals surface area contributed by atoms with Gasteiger partial charge in [0.15, 0.2) is 0 Å². The predicted molar refractivity (Wildman–Crippen MR) is 66.1 cm³/mol. The fourth-order valence-corrected chi connectivity index (χ4v) is 2.17. The van der Waals surface area contributed by atoms with Crippen molar-refractivity contribution in [1.29, 1.82) is 0 Å². The van der Waals surface area contributed by atoms with Crippen LogP contribution in [0.1, 0.15) is 19.8 Å². The number of anilines is 1. The van der Waals surface area contributed by atoms with Crippen LogP contribution in [0.3, 0.4) is 0 Å². The smallest absolute Gasteiger partial charge is 0.217 e. The van der Waals surface area contributed by atoms with E-state index in [1.165, 1.54) is 6.20 Å². The van der Waals surface area contributed by atoms with Crippen molar-refractivity contribution < 1.29 is 4.79 Å². The summed E-state index contributed by atoms with van der Waals surface area (Å²) in [7, 11) is 0. The molecule has 1 aliphatic heterocycles. The maximum absolute atomic E-state index is 10.9. The minimum atomic E-state index is 0.0333. The lowest BCUT2D eigenvalue weighted by Crippen LogP contribution is -2.44. The van der Waals surface area contributed by atoms with Gasteiger partial charge in [0, 0.05) is 26.1 Å². The van der Waals surface area contributed by atoms with Gasteiger partial charge in [-0.05, 0) is 12.8 Å². The van der Waals surface area contributed by atoms with Crippen LogP contribution in [0.25, 0.3) is 0 Å². The molecule has 0 bridgehead atoms. The molecule has 0 atom stereocenters. The lowest BCUT2D eigenvalue weighted by Gasteiger charge is -2.32. The van der Waals surface area contributed by atoms with Crippen LogP contribution in [0.5, 0.6) is 0 Å². The first-order valence-corrected chi connectivity index (χ1v) is 6.02. The zero-order valence-corrected chi connectivity index (χ0v) is 10.4. The Balaban J connectivity index is 1.93. The van der Waals surface area contributed by atoms with Gasteiger partial charge in [-0.25, -0.2) is 4.98 Å². The van der Waals surface area contributed by atoms with Crippen molar-refractivity contribution in [3.05, 3.63) is 17.5 Å². The van der Waals surface area contributed by atoms with Gasteiger partial charge in [0.05, 0.1) is 12.4 Å². The normalized spacial score (nSPS) is 16.9. The van der Waals surface area contributed by atoms with Gasteiger partial charge >= 0.3 is 0 Å². The molecule has 0 unspecified atom stereocenters. The van der Waals surface area contributed by atoms with Gasteiger partial charge in [0.1, 0.15) is 11.0 Å². The molecule has 5 nitrogen and oxygen atoms in total. The van der Waals surface area contributed by atoms with Crippen molar-refractivity contribution in [2.45, 2.75) is 25.8 Å². The molecule has 2 heterocycles. The highest BCUT2D eigenvalue weighted by atomic mass is 35.5. The highest BCUT2D eigenvalue weighted by Crippen LogP contribution is 2.18. The van der Waals surface area contributed by atoms with E-state index in [0.717, 1.165) is 31.7 Å². The minimum Gasteiger partial charge on any atom is -0.355 e. The topological polar surface area (TPSA) is 58.1 Å². The van der Waals surface area contributed by atoms with Crippen LogP contribution < -0.4 is 10.2 Å². The average Bonchev–Trinajstić information content (AvgIpc) is 2.29. The van der Waals surface area contributed by atoms with Crippen LogP contribution in [0.15, 0.2) is 12.4 Å². The highest BCUT2D eigenvalue weighted by Gasteiger charge is 2.20. The fraction of sp³-hybridized carbons (Fsp3) is 0.545. The Hall–Kier alpha value is -1.36. The molecule has 0 spiro atoms. The zero-order valence-electron chi connectivity index (χ0n) is 9.69. The number of nitrogens with one attached hydrogen (secondary N) is 1. The number of halogens is 1. The zero-order chi connectivity index (χ0) is 12.3. The summed E-state index contributed by atoms with van der Waals surface area (Å²) in [6.07, 6.45) is 5.08. The molecule has 2 rings (SSSR count). The quantitative estimate of drug-likeness (QED) is 0.863. The van der Waals surface area contributed by atoms with Gasteiger partial charge in [0.2, 0.25) is 5.91 Å². The number of rotatable bonds is 2. The SMILES string of the molecule is CC(=O)NC1CCN(c2cncc(Cl)n2)CC1. The van der Waals surface area contributed by atoms with E-state index < -0.39 is 0 Å². The van der Waals surface area contributed by atoms with Crippen molar-refractivity contribution in [2.24, 2.45) is 0 Å². The van der Waals surface area contributed by atoms with Gasteiger partial charge in [-0.3, -0.25) is 9.78 Å². The Morgan fingerprint density at radius 2 is 2.18 bits per heavy atom. The largest absolute Gasteiger partial charge is 0.355 e. The van der Waals surface area contributed by atoms with Gasteiger partial charge in [-0.15, -0.1) is 0 Å². The third-order valence-corrected chi connectivity index (χ3v) is 3.00. The number of hydrogen-bond donors (Lipinski definition) is 1. The van der Waals surface area contributed by atoms with Crippen LogP contribution in [0.2, 0.25) is 5.15 Å². The van der Waals surface area contributed by atoms with Crippen molar-refractivity contribution >= 4 is 23.3 Å². The molecule has 0 aromatic carbocycles. The van der Waals surface area contributed by atoms with Crippen LogP contribution in [0, 0.1) is 0 Å². The van der Waals surface area contributed by atoms with E-state index in [9.17, 15) is 4.79 Å². The van der Waals surface area contributed by atoms with Gasteiger partial charge < -0.3 is 10.2 Å². The lowest BCUT2D eigenvalue weighted by molar-refractivity contribution is -0.119. The summed E-state index contributed by atoms with van der Waals surface area (Å²) in [5.41, 5.74) is 0. The summed E-state index contributed by atoms with van der Waals surface area (Å²) in [4.78, 5) is 21.3. The summed E-state index contributed by atoms with van der Waals surface area (Å²) in [6.45, 7) is 3.27. The van der Waals surface area contributed by atoms with E-state index in [1.807, 2.05) is 0 Å². The second-order valence-corrected chi connectivity index (χ2v) is 4.55. The number of carbonyl (C=O) groups excluding carboxylic acids is 1. The molecule has 1 N–H and O–H groups in total. The molecule has 17 heavy (non-hydrogen) atoms. The number of carbonyl (C=O) groups is 1. The second kappa shape index (κ2) is 5.31. The molecular weight excluding hydrogens is 240 g/mol. The molecular formula is C11H15ClN4O. The average molecular weight is 255 g/mol. The predicted octanol–water partition coefficient (Wildman–Crippen LogP) is 1.23. The molecule has 0 saturated carbocycles. The van der Waals surface area contributed by atoms with E-state index in [0.29, 0.717) is 5.15 Å². The first-order valence-electron chi connectivity index (χ1n) is 5.65. The monoisotopic (exact) mass is 254 g/mol. The third-order valence-electron chi connectivity index (χ3n) is 2.82. The van der Waals surface area contributed by atoms with Crippen LogP contribution in [-0.2, 0) is 4.79 Å². The first kappa shape index (κ1) is 12.1. The Labute approximate surface area is 105 Å². The van der Waals surface area contributed by atoms with Crippen LogP contribution in [-0.4, -0.2) is 35.0 Å². The van der Waals surface area contributed by atoms with Gasteiger partial charge in [-0.2, -0.15) is 0 Å². The van der Waals surface area contributed by atoms with E-state index in [4.69, 9.17) is 11.6 Å². The number of hydrogen-bond acceptors (Lipinski definition) is 4. The maximum atomic E-state index is 10.9. The molecule has 1 saturated heterocycles. The third kappa shape index (κ3) is 3.30. The van der Waals surface area contributed by atoms with E-state index >= 15 is 0 Å². The molecule has 0 aliphatic carbocycles. The fourth-order valence-electron chi connectivity index (χ4n) is 2.03. The van der Waals surface area contributed by atoms with Gasteiger partial charge in [0.25, 0.3) is 0 Å². The molecule has 92 valence electrons. The lowest BCUT2D eigenvalue weighted by atomic mass is 10.1. The van der Waals surface area contributed by atoms with Crippen molar-refractivity contribution in [3.8, 4) is 0 Å². The molecule has 6 heteroatoms. The number of nitrogens with zero attached hydrogens (tertiary/aromatic N) is 3. The number of piperidine rings is 1. The molecule has 1 aromatic heterocycles. The summed E-state index contributed by atoms with van der Waals surface area (Å²) in [6, 6.07) is 0.274. The molecule has 1 fully saturated rings. The Morgan fingerprint density at radius 3 is 2.76 bits per heavy atom. The molecule has 1 aromatic rings. The number of aromatic nitrogens is 2.